The summed E-state index contributed by atoms with van der Waals surface area (Å²) in [6.07, 6.45) is 6.46. The Kier molecular flexibility index (Phi) is 7.59. The molecule has 4 aromatic rings. The molecular weight excluding hydrogens is 466 g/mol. The van der Waals surface area contributed by atoms with Crippen LogP contribution in [-0.4, -0.2) is 33.4 Å². The third-order valence-corrected chi connectivity index (χ3v) is 6.31. The number of ether oxygens (including phenoxy) is 2. The molecule has 0 radical (unpaired) electrons. The molecule has 5 rings (SSSR count). The van der Waals surface area contributed by atoms with E-state index in [2.05, 4.69) is 22.0 Å². The molecule has 1 aliphatic heterocycles. The second kappa shape index (κ2) is 11.4. The van der Waals surface area contributed by atoms with Gasteiger partial charge >= 0.3 is 0 Å². The molecule has 2 atom stereocenters. The van der Waals surface area contributed by atoms with E-state index >= 15 is 0 Å². The number of carbonyl (C=O) groups excluding carboxylic acids is 1. The van der Waals surface area contributed by atoms with Crippen LogP contribution in [0, 0.1) is 11.8 Å². The molecule has 2 aromatic carbocycles. The van der Waals surface area contributed by atoms with Gasteiger partial charge in [-0.05, 0) is 69.5 Å². The molecule has 0 saturated carbocycles. The summed E-state index contributed by atoms with van der Waals surface area (Å²) in [7, 11) is 0. The molecule has 0 spiro atoms. The molecule has 3 heterocycles. The molecular formula is C30H29N3O4. The van der Waals surface area contributed by atoms with Gasteiger partial charge in [-0.1, -0.05) is 29.1 Å². The second-order valence-corrected chi connectivity index (χ2v) is 9.13. The molecule has 1 fully saturated rings. The van der Waals surface area contributed by atoms with Crippen LogP contribution in [0.4, 0.5) is 0 Å². The van der Waals surface area contributed by atoms with Crippen LogP contribution in [0.2, 0.25) is 0 Å². The third-order valence-electron chi connectivity index (χ3n) is 6.31. The van der Waals surface area contributed by atoms with Gasteiger partial charge in [0.15, 0.2) is 17.8 Å². The van der Waals surface area contributed by atoms with Crippen LogP contribution in [0.3, 0.4) is 0 Å². The van der Waals surface area contributed by atoms with Crippen LogP contribution in [0.5, 0.6) is 0 Å². The van der Waals surface area contributed by atoms with E-state index < -0.39 is 0 Å². The van der Waals surface area contributed by atoms with E-state index in [4.69, 9.17) is 14.0 Å². The molecule has 0 bridgehead atoms. The fraction of sp³-hybridized carbons (Fsp3) is 0.300. The summed E-state index contributed by atoms with van der Waals surface area (Å²) in [4.78, 5) is 15.9. The number of Topliss-reactive ketones (excluding diaryl/α,β-unsaturated/α-hetero) is 1. The molecule has 1 saturated heterocycles. The van der Waals surface area contributed by atoms with Gasteiger partial charge in [-0.25, -0.2) is 4.98 Å². The molecule has 188 valence electrons. The monoisotopic (exact) mass is 495 g/mol. The van der Waals surface area contributed by atoms with Crippen LogP contribution in [0.1, 0.15) is 72.2 Å². The van der Waals surface area contributed by atoms with Crippen molar-refractivity contribution in [3.8, 4) is 23.2 Å². The molecule has 7 nitrogen and oxygen atoms in total. The van der Waals surface area contributed by atoms with Gasteiger partial charge in [-0.3, -0.25) is 4.79 Å². The predicted molar refractivity (Wildman–Crippen MR) is 139 cm³/mol. The minimum atomic E-state index is -0.190. The molecule has 0 aliphatic carbocycles. The molecule has 1 aliphatic rings. The summed E-state index contributed by atoms with van der Waals surface area (Å²) in [6.45, 7) is 4.83. The summed E-state index contributed by atoms with van der Waals surface area (Å²) in [5, 5.41) is 4.26. The Morgan fingerprint density at radius 2 is 1.84 bits per heavy atom. The minimum Gasteiger partial charge on any atom is -0.356 e. The van der Waals surface area contributed by atoms with Crippen LogP contribution in [-0.2, 0) is 16.0 Å². The number of carbonyl (C=O) groups is 1. The number of nitrogens with zero attached hydrogens (tertiary/aromatic N) is 3. The lowest BCUT2D eigenvalue weighted by Crippen LogP contribution is -2.24. The molecule has 0 N–H and O–H groups in total. The van der Waals surface area contributed by atoms with E-state index in [-0.39, 0.29) is 18.2 Å². The first-order valence-electron chi connectivity index (χ1n) is 12.5. The van der Waals surface area contributed by atoms with Crippen LogP contribution < -0.4 is 0 Å². The lowest BCUT2D eigenvalue weighted by molar-refractivity contribution is -0.188. The SMILES string of the molecule is CC(=O)c1ccc(C#Cc2ccc(-c3cc(Cn4ccnc4[C@H](C)OC4CCCCO4)no3)cc2)cc1. The smallest absolute Gasteiger partial charge is 0.167 e. The predicted octanol–water partition coefficient (Wildman–Crippen LogP) is 5.79. The van der Waals surface area contributed by atoms with Crippen molar-refractivity contribution in [3.63, 3.8) is 0 Å². The highest BCUT2D eigenvalue weighted by Crippen LogP contribution is 2.25. The molecule has 7 heteroatoms. The van der Waals surface area contributed by atoms with Crippen molar-refractivity contribution in [1.82, 2.24) is 14.7 Å². The number of hydrogen-bond donors (Lipinski definition) is 0. The van der Waals surface area contributed by atoms with Crippen molar-refractivity contribution in [1.29, 1.82) is 0 Å². The first-order valence-corrected chi connectivity index (χ1v) is 12.5. The van der Waals surface area contributed by atoms with Crippen molar-refractivity contribution in [2.45, 2.75) is 52.0 Å². The van der Waals surface area contributed by atoms with Crippen molar-refractivity contribution in [2.24, 2.45) is 0 Å². The second-order valence-electron chi connectivity index (χ2n) is 9.13. The van der Waals surface area contributed by atoms with Crippen LogP contribution in [0.15, 0.2) is 71.5 Å². The van der Waals surface area contributed by atoms with Crippen molar-refractivity contribution in [3.05, 3.63) is 95.2 Å². The number of rotatable bonds is 7. The van der Waals surface area contributed by atoms with Gasteiger partial charge in [0.25, 0.3) is 0 Å². The number of hydrogen-bond acceptors (Lipinski definition) is 6. The Morgan fingerprint density at radius 3 is 2.51 bits per heavy atom. The van der Waals surface area contributed by atoms with Gasteiger partial charge in [-0.2, -0.15) is 0 Å². The Hall–Kier alpha value is -3.99. The zero-order valence-electron chi connectivity index (χ0n) is 21.0. The quantitative estimate of drug-likeness (QED) is 0.238. The topological polar surface area (TPSA) is 79.4 Å². The lowest BCUT2D eigenvalue weighted by Gasteiger charge is -2.26. The van der Waals surface area contributed by atoms with Crippen molar-refractivity contribution < 1.29 is 18.8 Å². The largest absolute Gasteiger partial charge is 0.356 e. The summed E-state index contributed by atoms with van der Waals surface area (Å²) >= 11 is 0. The van der Waals surface area contributed by atoms with E-state index in [0.717, 1.165) is 54.1 Å². The number of imidazole rings is 1. The standard InChI is InChI=1S/C30H29N3O4/c1-21(34)25-12-8-23(9-13-25)6-7-24-10-14-26(15-11-24)28-19-27(32-37-28)20-33-17-16-31-30(33)22(2)36-29-5-3-4-18-35-29/h8-17,19,22,29H,3-5,18,20H2,1-2H3/t22-,29?/m0/s1. The summed E-state index contributed by atoms with van der Waals surface area (Å²) in [6, 6.07) is 17.1. The molecule has 0 amide bonds. The highest BCUT2D eigenvalue weighted by atomic mass is 16.7. The van der Waals surface area contributed by atoms with Gasteiger partial charge in [0.05, 0.1) is 6.54 Å². The third kappa shape index (κ3) is 6.23. The maximum atomic E-state index is 11.4. The zero-order chi connectivity index (χ0) is 25.6. The summed E-state index contributed by atoms with van der Waals surface area (Å²) in [5.74, 6) is 7.86. The Labute approximate surface area is 216 Å². The maximum absolute atomic E-state index is 11.4. The Bertz CT molecular complexity index is 1400. The summed E-state index contributed by atoms with van der Waals surface area (Å²) < 4.78 is 19.4. The van der Waals surface area contributed by atoms with Crippen molar-refractivity contribution in [2.75, 3.05) is 6.61 Å². The van der Waals surface area contributed by atoms with Gasteiger partial charge in [0.1, 0.15) is 17.6 Å². The number of benzene rings is 2. The Morgan fingerprint density at radius 1 is 1.11 bits per heavy atom. The fourth-order valence-corrected chi connectivity index (χ4v) is 4.27. The van der Waals surface area contributed by atoms with Crippen molar-refractivity contribution >= 4 is 5.78 Å². The summed E-state index contributed by atoms with van der Waals surface area (Å²) in [5.41, 5.74) is 4.15. The zero-order valence-corrected chi connectivity index (χ0v) is 21.0. The highest BCUT2D eigenvalue weighted by molar-refractivity contribution is 5.94. The van der Waals surface area contributed by atoms with Gasteiger partial charge < -0.3 is 18.6 Å². The average Bonchev–Trinajstić information content (AvgIpc) is 3.59. The number of ketones is 1. The Balaban J connectivity index is 1.22. The van der Waals surface area contributed by atoms with Gasteiger partial charge in [-0.15, -0.1) is 0 Å². The van der Waals surface area contributed by atoms with E-state index in [9.17, 15) is 4.79 Å². The van der Waals surface area contributed by atoms with Crippen LogP contribution in [0.25, 0.3) is 11.3 Å². The van der Waals surface area contributed by atoms with E-state index in [1.54, 1.807) is 25.3 Å². The highest BCUT2D eigenvalue weighted by Gasteiger charge is 2.21. The first kappa shape index (κ1) is 24.7. The maximum Gasteiger partial charge on any atom is 0.167 e. The van der Waals surface area contributed by atoms with E-state index in [1.807, 2.05) is 60.2 Å². The fourth-order valence-electron chi connectivity index (χ4n) is 4.27. The van der Waals surface area contributed by atoms with E-state index in [0.29, 0.717) is 17.9 Å². The molecule has 2 aromatic heterocycles. The molecule has 37 heavy (non-hydrogen) atoms. The first-order chi connectivity index (χ1) is 18.0. The normalized spacial score (nSPS) is 16.1. The number of aromatic nitrogens is 3. The average molecular weight is 496 g/mol. The molecule has 1 unspecified atom stereocenters. The minimum absolute atomic E-state index is 0.0458. The van der Waals surface area contributed by atoms with E-state index in [1.165, 1.54) is 0 Å². The van der Waals surface area contributed by atoms with Gasteiger partial charge in [0, 0.05) is 47.3 Å². The van der Waals surface area contributed by atoms with Crippen LogP contribution >= 0.6 is 0 Å². The van der Waals surface area contributed by atoms with Gasteiger partial charge in [0.2, 0.25) is 0 Å². The lowest BCUT2D eigenvalue weighted by atomic mass is 10.1.